The van der Waals surface area contributed by atoms with Gasteiger partial charge < -0.3 is 4.57 Å². The van der Waals surface area contributed by atoms with Crippen LogP contribution in [0.2, 0.25) is 0 Å². The summed E-state index contributed by atoms with van der Waals surface area (Å²) in [6.45, 7) is 2.56. The van der Waals surface area contributed by atoms with Gasteiger partial charge in [0.05, 0.1) is 23.6 Å². The summed E-state index contributed by atoms with van der Waals surface area (Å²) in [7, 11) is 0. The van der Waals surface area contributed by atoms with Gasteiger partial charge in [-0.3, -0.25) is 0 Å². The second kappa shape index (κ2) is 7.84. The Kier molecular flexibility index (Phi) is 4.99. The Hall–Kier alpha value is -2.86. The fourth-order valence-electron chi connectivity index (χ4n) is 6.21. The van der Waals surface area contributed by atoms with Crippen molar-refractivity contribution >= 4 is 27.5 Å². The molecule has 0 amide bonds. The summed E-state index contributed by atoms with van der Waals surface area (Å²) < 4.78 is 47.4. The molecule has 1 saturated carbocycles. The minimum atomic E-state index is -4.32. The summed E-state index contributed by atoms with van der Waals surface area (Å²) in [4.78, 5) is 4.66. The lowest BCUT2D eigenvalue weighted by Gasteiger charge is -2.49. The second-order valence-corrected chi connectivity index (χ2v) is 10.7. The van der Waals surface area contributed by atoms with Crippen LogP contribution in [-0.2, 0) is 6.54 Å². The molecule has 1 fully saturated rings. The Bertz CT molecular complexity index is 1380. The fourth-order valence-corrected chi connectivity index (χ4v) is 7.21. The van der Waals surface area contributed by atoms with Crippen LogP contribution in [0.5, 0.6) is 0 Å². The SMILES string of the molecule is C[C@]12Cn3cnc(-c4ccccc4)c3C=C1CCCC2C(c1csc2ccccc12)C(F)(F)F. The molecule has 2 aliphatic rings. The number of rotatable bonds is 3. The Morgan fingerprint density at radius 2 is 1.85 bits per heavy atom. The highest BCUT2D eigenvalue weighted by Crippen LogP contribution is 2.59. The number of hydrogen-bond acceptors (Lipinski definition) is 2. The number of aromatic nitrogens is 2. The molecule has 1 aliphatic heterocycles. The first kappa shape index (κ1) is 21.7. The van der Waals surface area contributed by atoms with Crippen molar-refractivity contribution in [1.82, 2.24) is 9.55 Å². The molecule has 34 heavy (non-hydrogen) atoms. The number of halogens is 3. The predicted octanol–water partition coefficient (Wildman–Crippen LogP) is 8.31. The molecule has 0 saturated heterocycles. The molecule has 0 radical (unpaired) electrons. The van der Waals surface area contributed by atoms with Crippen LogP contribution in [0.1, 0.15) is 43.4 Å². The largest absolute Gasteiger partial charge is 0.396 e. The lowest BCUT2D eigenvalue weighted by atomic mass is 9.58. The molecule has 3 atom stereocenters. The molecule has 2 aromatic carbocycles. The van der Waals surface area contributed by atoms with E-state index in [-0.39, 0.29) is 0 Å². The third-order valence-electron chi connectivity index (χ3n) is 7.85. The van der Waals surface area contributed by atoms with Crippen LogP contribution in [0.4, 0.5) is 13.2 Å². The fraction of sp³-hybridized carbons (Fsp3) is 0.321. The van der Waals surface area contributed by atoms with Crippen LogP contribution in [0.25, 0.3) is 27.4 Å². The van der Waals surface area contributed by atoms with E-state index in [1.165, 1.54) is 11.3 Å². The van der Waals surface area contributed by atoms with Crippen molar-refractivity contribution in [3.8, 4) is 11.3 Å². The van der Waals surface area contributed by atoms with Gasteiger partial charge in [-0.2, -0.15) is 13.2 Å². The van der Waals surface area contributed by atoms with Crippen LogP contribution in [0, 0.1) is 11.3 Å². The summed E-state index contributed by atoms with van der Waals surface area (Å²) in [6, 6.07) is 17.5. The maximum absolute atomic E-state index is 14.8. The molecule has 3 heterocycles. The van der Waals surface area contributed by atoms with Crippen molar-refractivity contribution in [2.24, 2.45) is 11.3 Å². The standard InChI is InChI=1S/C28H25F3N2S/c1-27-16-33-17-32-26(18-8-3-2-4-9-18)23(33)14-19(27)10-7-12-22(27)25(28(29,30)31)21-15-34-24-13-6-5-11-20(21)24/h2-6,8-9,11,13-15,17,22,25H,7,10,12,16H2,1H3/t22?,25?,27-/m0/s1. The van der Waals surface area contributed by atoms with Crippen molar-refractivity contribution in [3.05, 3.63) is 83.1 Å². The second-order valence-electron chi connectivity index (χ2n) is 9.76. The van der Waals surface area contributed by atoms with Crippen LogP contribution >= 0.6 is 11.3 Å². The van der Waals surface area contributed by atoms with Gasteiger partial charge in [-0.05, 0) is 53.7 Å². The summed E-state index contributed by atoms with van der Waals surface area (Å²) in [5, 5.41) is 2.48. The van der Waals surface area contributed by atoms with Crippen molar-refractivity contribution < 1.29 is 13.2 Å². The Morgan fingerprint density at radius 3 is 2.65 bits per heavy atom. The zero-order chi connectivity index (χ0) is 23.5. The molecule has 2 unspecified atom stereocenters. The van der Waals surface area contributed by atoms with E-state index < -0.39 is 23.4 Å². The van der Waals surface area contributed by atoms with Gasteiger partial charge in [0.15, 0.2) is 0 Å². The Morgan fingerprint density at radius 1 is 1.09 bits per heavy atom. The molecule has 6 rings (SSSR count). The average Bonchev–Trinajstić information content (AvgIpc) is 3.42. The Balaban J connectivity index is 1.46. The van der Waals surface area contributed by atoms with Gasteiger partial charge in [-0.15, -0.1) is 11.3 Å². The molecule has 4 aromatic rings. The van der Waals surface area contributed by atoms with E-state index in [9.17, 15) is 13.2 Å². The van der Waals surface area contributed by atoms with E-state index in [1.54, 1.807) is 11.7 Å². The maximum Gasteiger partial charge on any atom is 0.396 e. The predicted molar refractivity (Wildman–Crippen MR) is 132 cm³/mol. The number of fused-ring (bicyclic) bond motifs is 3. The summed E-state index contributed by atoms with van der Waals surface area (Å²) in [5.74, 6) is -2.02. The van der Waals surface area contributed by atoms with Crippen molar-refractivity contribution in [2.75, 3.05) is 0 Å². The molecule has 2 aromatic heterocycles. The number of benzene rings is 2. The van der Waals surface area contributed by atoms with Crippen molar-refractivity contribution in [1.29, 1.82) is 0 Å². The summed E-state index contributed by atoms with van der Waals surface area (Å²) in [6.07, 6.45) is 1.79. The van der Waals surface area contributed by atoms with Gasteiger partial charge in [0, 0.05) is 22.2 Å². The zero-order valence-corrected chi connectivity index (χ0v) is 19.7. The zero-order valence-electron chi connectivity index (χ0n) is 18.8. The normalized spacial score (nSPS) is 23.3. The molecule has 6 heteroatoms. The van der Waals surface area contributed by atoms with E-state index in [1.807, 2.05) is 61.5 Å². The van der Waals surface area contributed by atoms with Crippen LogP contribution in [0.15, 0.2) is 71.9 Å². The number of hydrogen-bond donors (Lipinski definition) is 0. The third-order valence-corrected chi connectivity index (χ3v) is 8.83. The summed E-state index contributed by atoms with van der Waals surface area (Å²) >= 11 is 1.41. The molecule has 0 bridgehead atoms. The Labute approximate surface area is 200 Å². The number of imidazole rings is 1. The van der Waals surface area contributed by atoms with E-state index in [0.29, 0.717) is 18.5 Å². The van der Waals surface area contributed by atoms with Gasteiger partial charge in [0.1, 0.15) is 0 Å². The van der Waals surface area contributed by atoms with Crippen molar-refractivity contribution in [3.63, 3.8) is 0 Å². The smallest absolute Gasteiger partial charge is 0.330 e. The number of allylic oxidation sites excluding steroid dienone is 1. The highest BCUT2D eigenvalue weighted by molar-refractivity contribution is 7.17. The molecule has 2 nitrogen and oxygen atoms in total. The molecular weight excluding hydrogens is 453 g/mol. The highest BCUT2D eigenvalue weighted by atomic mass is 32.1. The number of thiophene rings is 1. The molecule has 174 valence electrons. The molecule has 1 aliphatic carbocycles. The maximum atomic E-state index is 14.8. The first-order valence-electron chi connectivity index (χ1n) is 11.7. The quantitative estimate of drug-likeness (QED) is 0.289. The number of alkyl halides is 3. The van der Waals surface area contributed by atoms with Gasteiger partial charge in [-0.25, -0.2) is 4.98 Å². The van der Waals surface area contributed by atoms with E-state index in [4.69, 9.17) is 0 Å². The molecular formula is C28H25F3N2S. The van der Waals surface area contributed by atoms with Gasteiger partial charge in [0.25, 0.3) is 0 Å². The van der Waals surface area contributed by atoms with Crippen LogP contribution in [-0.4, -0.2) is 15.7 Å². The minimum absolute atomic E-state index is 0.432. The first-order valence-corrected chi connectivity index (χ1v) is 12.6. The molecule has 0 spiro atoms. The highest BCUT2D eigenvalue weighted by Gasteiger charge is 2.55. The van der Waals surface area contributed by atoms with E-state index in [0.717, 1.165) is 45.5 Å². The molecule has 0 N–H and O–H groups in total. The topological polar surface area (TPSA) is 17.8 Å². The van der Waals surface area contributed by atoms with E-state index >= 15 is 0 Å². The number of nitrogens with zero attached hydrogens (tertiary/aromatic N) is 2. The summed E-state index contributed by atoms with van der Waals surface area (Å²) in [5.41, 5.74) is 3.91. The van der Waals surface area contributed by atoms with Gasteiger partial charge in [-0.1, -0.05) is 61.0 Å². The van der Waals surface area contributed by atoms with Gasteiger partial charge >= 0.3 is 6.18 Å². The minimum Gasteiger partial charge on any atom is -0.330 e. The van der Waals surface area contributed by atoms with E-state index in [2.05, 4.69) is 15.6 Å². The first-order chi connectivity index (χ1) is 16.4. The lowest BCUT2D eigenvalue weighted by molar-refractivity contribution is -0.173. The van der Waals surface area contributed by atoms with Crippen LogP contribution in [0.3, 0.4) is 0 Å². The van der Waals surface area contributed by atoms with Crippen molar-refractivity contribution in [2.45, 2.75) is 44.8 Å². The lowest BCUT2D eigenvalue weighted by Crippen LogP contribution is -2.45. The average molecular weight is 479 g/mol. The monoisotopic (exact) mass is 478 g/mol. The third kappa shape index (κ3) is 3.34. The van der Waals surface area contributed by atoms with Gasteiger partial charge in [0.2, 0.25) is 0 Å². The van der Waals surface area contributed by atoms with Crippen LogP contribution < -0.4 is 0 Å².